The Kier molecular flexibility index (Phi) is 2.90. The van der Waals surface area contributed by atoms with Crippen LogP contribution < -0.4 is 5.63 Å². The van der Waals surface area contributed by atoms with E-state index in [0.29, 0.717) is 5.58 Å². The average Bonchev–Trinajstić information content (AvgIpc) is 2.75. The van der Waals surface area contributed by atoms with Gasteiger partial charge in [-0.3, -0.25) is 0 Å². The largest absolute Gasteiger partial charge is 0.464 e. The van der Waals surface area contributed by atoms with Crippen molar-refractivity contribution in [3.63, 3.8) is 0 Å². The third-order valence-electron chi connectivity index (χ3n) is 3.52. The van der Waals surface area contributed by atoms with Crippen LogP contribution in [0.15, 0.2) is 38.1 Å². The number of benzene rings is 1. The van der Waals surface area contributed by atoms with E-state index in [-0.39, 0.29) is 5.63 Å². The Morgan fingerprint density at radius 3 is 2.74 bits per heavy atom. The lowest BCUT2D eigenvalue weighted by molar-refractivity contribution is 0.556. The fraction of sp³-hybridized carbons (Fsp3) is 0.312. The van der Waals surface area contributed by atoms with Gasteiger partial charge in [-0.05, 0) is 37.0 Å². The summed E-state index contributed by atoms with van der Waals surface area (Å²) in [6.45, 7) is 4.16. The topological polar surface area (TPSA) is 43.4 Å². The molecule has 0 atom stereocenters. The average molecular weight is 256 g/mol. The van der Waals surface area contributed by atoms with Crippen molar-refractivity contribution in [3.8, 4) is 0 Å². The van der Waals surface area contributed by atoms with Crippen molar-refractivity contribution < 1.29 is 8.83 Å². The van der Waals surface area contributed by atoms with E-state index < -0.39 is 0 Å². The van der Waals surface area contributed by atoms with Crippen molar-refractivity contribution in [2.75, 3.05) is 0 Å². The Bertz CT molecular complexity index is 793. The first-order chi connectivity index (χ1) is 9.19. The van der Waals surface area contributed by atoms with Crippen molar-refractivity contribution in [1.82, 2.24) is 0 Å². The van der Waals surface area contributed by atoms with Gasteiger partial charge in [0.25, 0.3) is 0 Å². The molecule has 0 saturated heterocycles. The van der Waals surface area contributed by atoms with Crippen LogP contribution in [0, 0.1) is 6.92 Å². The highest BCUT2D eigenvalue weighted by Crippen LogP contribution is 2.28. The van der Waals surface area contributed by atoms with Crippen molar-refractivity contribution in [1.29, 1.82) is 0 Å². The molecule has 0 bridgehead atoms. The molecular formula is C16H16O3. The van der Waals surface area contributed by atoms with Gasteiger partial charge in [0.05, 0.1) is 6.26 Å². The van der Waals surface area contributed by atoms with Gasteiger partial charge in [-0.15, -0.1) is 0 Å². The minimum atomic E-state index is -0.291. The van der Waals surface area contributed by atoms with Gasteiger partial charge >= 0.3 is 5.63 Å². The van der Waals surface area contributed by atoms with E-state index in [4.69, 9.17) is 8.83 Å². The molecule has 0 aliphatic carbocycles. The van der Waals surface area contributed by atoms with E-state index >= 15 is 0 Å². The minimum absolute atomic E-state index is 0.291. The van der Waals surface area contributed by atoms with E-state index in [9.17, 15) is 4.79 Å². The zero-order chi connectivity index (χ0) is 13.4. The van der Waals surface area contributed by atoms with Gasteiger partial charge in [0.15, 0.2) is 0 Å². The third kappa shape index (κ3) is 2.05. The molecule has 0 fully saturated rings. The Hall–Kier alpha value is -2.03. The molecule has 0 N–H and O–H groups in total. The number of rotatable bonds is 3. The summed E-state index contributed by atoms with van der Waals surface area (Å²) in [6.07, 6.45) is 4.81. The Balaban J connectivity index is 2.31. The van der Waals surface area contributed by atoms with Crippen LogP contribution in [0.5, 0.6) is 0 Å². The lowest BCUT2D eigenvalue weighted by Crippen LogP contribution is -2.00. The van der Waals surface area contributed by atoms with Gasteiger partial charge in [0.2, 0.25) is 0 Å². The molecule has 3 rings (SSSR count). The van der Waals surface area contributed by atoms with Gasteiger partial charge in [-0.25, -0.2) is 4.79 Å². The van der Waals surface area contributed by atoms with Gasteiger partial charge < -0.3 is 8.83 Å². The smallest absolute Gasteiger partial charge is 0.336 e. The summed E-state index contributed by atoms with van der Waals surface area (Å²) < 4.78 is 10.7. The summed E-state index contributed by atoms with van der Waals surface area (Å²) >= 11 is 0. The SMILES string of the molecule is CCCCc1cc(=O)oc2cc3occ(C)c3cc12. The maximum atomic E-state index is 11.6. The van der Waals surface area contributed by atoms with Crippen LogP contribution in [-0.4, -0.2) is 0 Å². The normalized spacial score (nSPS) is 11.5. The standard InChI is InChI=1S/C16H16O3/c1-3-4-5-11-6-16(17)19-15-8-14-12(7-13(11)15)10(2)9-18-14/h6-9H,3-5H2,1-2H3. The molecule has 3 heteroatoms. The summed E-state index contributed by atoms with van der Waals surface area (Å²) in [6, 6.07) is 5.49. The summed E-state index contributed by atoms with van der Waals surface area (Å²) in [5, 5.41) is 2.10. The van der Waals surface area contributed by atoms with Crippen LogP contribution in [0.25, 0.3) is 21.9 Å². The molecule has 0 amide bonds. The number of unbranched alkanes of at least 4 members (excludes halogenated alkanes) is 1. The highest BCUT2D eigenvalue weighted by molar-refractivity contribution is 5.96. The summed E-state index contributed by atoms with van der Waals surface area (Å²) in [5.74, 6) is 0. The molecule has 2 aromatic heterocycles. The molecule has 0 spiro atoms. The van der Waals surface area contributed by atoms with Crippen LogP contribution >= 0.6 is 0 Å². The van der Waals surface area contributed by atoms with Gasteiger partial charge in [0.1, 0.15) is 11.2 Å². The number of furan rings is 1. The minimum Gasteiger partial charge on any atom is -0.464 e. The maximum absolute atomic E-state index is 11.6. The third-order valence-corrected chi connectivity index (χ3v) is 3.52. The first-order valence-corrected chi connectivity index (χ1v) is 6.63. The van der Waals surface area contributed by atoms with Crippen molar-refractivity contribution in [2.45, 2.75) is 33.1 Å². The summed E-state index contributed by atoms with van der Waals surface area (Å²) in [5.41, 5.74) is 3.25. The molecule has 98 valence electrons. The molecule has 3 aromatic rings. The zero-order valence-corrected chi connectivity index (χ0v) is 11.2. The molecule has 3 nitrogen and oxygen atoms in total. The van der Waals surface area contributed by atoms with E-state index in [1.807, 2.05) is 13.0 Å². The molecule has 0 saturated carbocycles. The van der Waals surface area contributed by atoms with Crippen molar-refractivity contribution in [2.24, 2.45) is 0 Å². The van der Waals surface area contributed by atoms with Crippen molar-refractivity contribution >= 4 is 21.9 Å². The summed E-state index contributed by atoms with van der Waals surface area (Å²) in [4.78, 5) is 11.6. The molecule has 2 heterocycles. The van der Waals surface area contributed by atoms with Crippen LogP contribution in [0.3, 0.4) is 0 Å². The molecule has 1 aromatic carbocycles. The lowest BCUT2D eigenvalue weighted by atomic mass is 10.0. The van der Waals surface area contributed by atoms with E-state index in [2.05, 4.69) is 13.0 Å². The highest BCUT2D eigenvalue weighted by atomic mass is 16.4. The van der Waals surface area contributed by atoms with Gasteiger partial charge in [-0.1, -0.05) is 13.3 Å². The molecule has 0 aliphatic rings. The second kappa shape index (κ2) is 4.57. The van der Waals surface area contributed by atoms with Crippen LogP contribution in [-0.2, 0) is 6.42 Å². The zero-order valence-electron chi connectivity index (χ0n) is 11.2. The molecule has 0 radical (unpaired) electrons. The first-order valence-electron chi connectivity index (χ1n) is 6.63. The Morgan fingerprint density at radius 1 is 1.11 bits per heavy atom. The van der Waals surface area contributed by atoms with E-state index in [1.165, 1.54) is 0 Å². The van der Waals surface area contributed by atoms with E-state index in [0.717, 1.165) is 46.7 Å². The molecule has 0 unspecified atom stereocenters. The number of hydrogen-bond acceptors (Lipinski definition) is 3. The van der Waals surface area contributed by atoms with Crippen LogP contribution in [0.2, 0.25) is 0 Å². The lowest BCUT2D eigenvalue weighted by Gasteiger charge is -2.04. The summed E-state index contributed by atoms with van der Waals surface area (Å²) in [7, 11) is 0. The Labute approximate surface area is 110 Å². The fourth-order valence-electron chi connectivity index (χ4n) is 2.45. The fourth-order valence-corrected chi connectivity index (χ4v) is 2.45. The predicted molar refractivity (Wildman–Crippen MR) is 75.6 cm³/mol. The molecule has 0 aliphatic heterocycles. The van der Waals surface area contributed by atoms with Crippen LogP contribution in [0.1, 0.15) is 30.9 Å². The number of hydrogen-bond donors (Lipinski definition) is 0. The van der Waals surface area contributed by atoms with E-state index in [1.54, 1.807) is 12.3 Å². The predicted octanol–water partition coefficient (Wildman–Crippen LogP) is 4.19. The number of aryl methyl sites for hydroxylation is 2. The van der Waals surface area contributed by atoms with Gasteiger partial charge in [0, 0.05) is 22.9 Å². The first kappa shape index (κ1) is 12.0. The number of fused-ring (bicyclic) bond motifs is 2. The van der Waals surface area contributed by atoms with Crippen LogP contribution in [0.4, 0.5) is 0 Å². The highest BCUT2D eigenvalue weighted by Gasteiger charge is 2.10. The maximum Gasteiger partial charge on any atom is 0.336 e. The monoisotopic (exact) mass is 256 g/mol. The second-order valence-corrected chi connectivity index (χ2v) is 4.96. The second-order valence-electron chi connectivity index (χ2n) is 4.96. The molecular weight excluding hydrogens is 240 g/mol. The van der Waals surface area contributed by atoms with Crippen molar-refractivity contribution in [3.05, 3.63) is 46.0 Å². The quantitative estimate of drug-likeness (QED) is 0.660. The Morgan fingerprint density at radius 2 is 1.95 bits per heavy atom. The van der Waals surface area contributed by atoms with Gasteiger partial charge in [-0.2, -0.15) is 0 Å². The molecule has 19 heavy (non-hydrogen) atoms.